The second-order valence-electron chi connectivity index (χ2n) is 5.54. The van der Waals surface area contributed by atoms with Crippen LogP contribution in [0.2, 0.25) is 0 Å². The molecule has 0 bridgehead atoms. The molecule has 20 heavy (non-hydrogen) atoms. The zero-order valence-electron chi connectivity index (χ0n) is 12.4. The number of likely N-dealkylation sites (tertiary alicyclic amines) is 1. The number of hydrogen-bond donors (Lipinski definition) is 1. The minimum absolute atomic E-state index is 0.00800. The SMILES string of the molecule is CCCNc1cnc(C(=O)N2CCCC(C)CC2)cn1. The van der Waals surface area contributed by atoms with Crippen LogP contribution in [0.25, 0.3) is 0 Å². The molecule has 1 aromatic heterocycles. The van der Waals surface area contributed by atoms with Crippen molar-refractivity contribution in [3.05, 3.63) is 18.1 Å². The van der Waals surface area contributed by atoms with Crippen LogP contribution in [0.1, 0.15) is 50.0 Å². The zero-order valence-corrected chi connectivity index (χ0v) is 12.4. The first-order valence-electron chi connectivity index (χ1n) is 7.56. The molecule has 1 aliphatic heterocycles. The van der Waals surface area contributed by atoms with E-state index in [0.717, 1.165) is 44.7 Å². The third-order valence-corrected chi connectivity index (χ3v) is 3.73. The van der Waals surface area contributed by atoms with Gasteiger partial charge in [0.1, 0.15) is 11.5 Å². The van der Waals surface area contributed by atoms with Crippen LogP contribution < -0.4 is 5.32 Å². The van der Waals surface area contributed by atoms with Gasteiger partial charge in [0.05, 0.1) is 12.4 Å². The van der Waals surface area contributed by atoms with Gasteiger partial charge in [0.25, 0.3) is 5.91 Å². The van der Waals surface area contributed by atoms with E-state index in [1.54, 1.807) is 12.4 Å². The van der Waals surface area contributed by atoms with E-state index in [1.807, 2.05) is 4.90 Å². The number of aromatic nitrogens is 2. The van der Waals surface area contributed by atoms with Gasteiger partial charge in [-0.1, -0.05) is 13.8 Å². The van der Waals surface area contributed by atoms with E-state index in [9.17, 15) is 4.79 Å². The topological polar surface area (TPSA) is 58.1 Å². The van der Waals surface area contributed by atoms with Crippen LogP contribution in [0.5, 0.6) is 0 Å². The average molecular weight is 276 g/mol. The second-order valence-corrected chi connectivity index (χ2v) is 5.54. The predicted molar refractivity (Wildman–Crippen MR) is 79.7 cm³/mol. The number of carbonyl (C=O) groups is 1. The molecule has 2 heterocycles. The first-order chi connectivity index (χ1) is 9.70. The molecule has 0 saturated carbocycles. The second kappa shape index (κ2) is 7.22. The average Bonchev–Trinajstić information content (AvgIpc) is 2.70. The smallest absolute Gasteiger partial charge is 0.274 e. The lowest BCUT2D eigenvalue weighted by Crippen LogP contribution is -2.32. The van der Waals surface area contributed by atoms with Crippen LogP contribution in [0, 0.1) is 5.92 Å². The Labute approximate surface area is 120 Å². The molecule has 1 aromatic rings. The monoisotopic (exact) mass is 276 g/mol. The maximum Gasteiger partial charge on any atom is 0.274 e. The highest BCUT2D eigenvalue weighted by molar-refractivity contribution is 5.92. The van der Waals surface area contributed by atoms with Gasteiger partial charge in [-0.2, -0.15) is 0 Å². The number of hydrogen-bond acceptors (Lipinski definition) is 4. The Bertz CT molecular complexity index is 432. The van der Waals surface area contributed by atoms with Gasteiger partial charge in [-0.3, -0.25) is 4.79 Å². The summed E-state index contributed by atoms with van der Waals surface area (Å²) >= 11 is 0. The summed E-state index contributed by atoms with van der Waals surface area (Å²) in [6.07, 6.45) is 7.62. The van der Waals surface area contributed by atoms with Crippen LogP contribution in [0.3, 0.4) is 0 Å². The van der Waals surface area contributed by atoms with E-state index < -0.39 is 0 Å². The molecule has 5 heteroatoms. The molecular weight excluding hydrogens is 252 g/mol. The summed E-state index contributed by atoms with van der Waals surface area (Å²) in [5, 5.41) is 3.16. The van der Waals surface area contributed by atoms with Gasteiger partial charge in [0, 0.05) is 19.6 Å². The number of nitrogens with zero attached hydrogens (tertiary/aromatic N) is 3. The van der Waals surface area contributed by atoms with Gasteiger partial charge >= 0.3 is 0 Å². The van der Waals surface area contributed by atoms with Crippen LogP contribution in [0.15, 0.2) is 12.4 Å². The van der Waals surface area contributed by atoms with Crippen LogP contribution >= 0.6 is 0 Å². The molecule has 1 amide bonds. The van der Waals surface area contributed by atoms with E-state index in [1.165, 1.54) is 6.42 Å². The molecule has 5 nitrogen and oxygen atoms in total. The quantitative estimate of drug-likeness (QED) is 0.918. The molecule has 110 valence electrons. The van der Waals surface area contributed by atoms with Gasteiger partial charge in [-0.15, -0.1) is 0 Å². The number of amides is 1. The van der Waals surface area contributed by atoms with Crippen LogP contribution in [-0.4, -0.2) is 40.4 Å². The summed E-state index contributed by atoms with van der Waals surface area (Å²) in [6, 6.07) is 0. The minimum atomic E-state index is 0.00800. The highest BCUT2D eigenvalue weighted by atomic mass is 16.2. The van der Waals surface area contributed by atoms with Crippen molar-refractivity contribution >= 4 is 11.7 Å². The van der Waals surface area contributed by atoms with Crippen LogP contribution in [0.4, 0.5) is 5.82 Å². The Morgan fingerprint density at radius 3 is 2.90 bits per heavy atom. The first kappa shape index (κ1) is 14.8. The molecule has 1 unspecified atom stereocenters. The normalized spacial score (nSPS) is 19.5. The van der Waals surface area contributed by atoms with Crippen molar-refractivity contribution in [2.45, 2.75) is 39.5 Å². The molecule has 1 atom stereocenters. The maximum atomic E-state index is 12.4. The van der Waals surface area contributed by atoms with Gasteiger partial charge in [-0.05, 0) is 31.6 Å². The molecule has 0 spiro atoms. The molecule has 1 fully saturated rings. The van der Waals surface area contributed by atoms with Crippen LogP contribution in [-0.2, 0) is 0 Å². The zero-order chi connectivity index (χ0) is 14.4. The van der Waals surface area contributed by atoms with Gasteiger partial charge < -0.3 is 10.2 Å². The van der Waals surface area contributed by atoms with E-state index in [0.29, 0.717) is 11.6 Å². The Morgan fingerprint density at radius 2 is 2.20 bits per heavy atom. The van der Waals surface area contributed by atoms with Crippen molar-refractivity contribution in [1.82, 2.24) is 14.9 Å². The third-order valence-electron chi connectivity index (χ3n) is 3.73. The molecule has 0 radical (unpaired) electrons. The Balaban J connectivity index is 1.97. The summed E-state index contributed by atoms with van der Waals surface area (Å²) in [5.41, 5.74) is 0.446. The molecular formula is C15H24N4O. The Kier molecular flexibility index (Phi) is 5.32. The van der Waals surface area contributed by atoms with Crippen molar-refractivity contribution in [2.24, 2.45) is 5.92 Å². The third kappa shape index (κ3) is 3.92. The Morgan fingerprint density at radius 1 is 1.35 bits per heavy atom. The van der Waals surface area contributed by atoms with Crippen molar-refractivity contribution in [3.63, 3.8) is 0 Å². The minimum Gasteiger partial charge on any atom is -0.369 e. The lowest BCUT2D eigenvalue weighted by molar-refractivity contribution is 0.0754. The van der Waals surface area contributed by atoms with Crippen molar-refractivity contribution in [2.75, 3.05) is 25.0 Å². The van der Waals surface area contributed by atoms with Crippen molar-refractivity contribution < 1.29 is 4.79 Å². The van der Waals surface area contributed by atoms with Gasteiger partial charge in [0.15, 0.2) is 0 Å². The van der Waals surface area contributed by atoms with Gasteiger partial charge in [0.2, 0.25) is 0 Å². The van der Waals surface area contributed by atoms with Crippen molar-refractivity contribution in [3.8, 4) is 0 Å². The summed E-state index contributed by atoms with van der Waals surface area (Å²) in [5.74, 6) is 1.45. The molecule has 1 saturated heterocycles. The lowest BCUT2D eigenvalue weighted by Gasteiger charge is -2.19. The largest absolute Gasteiger partial charge is 0.369 e. The van der Waals surface area contributed by atoms with Crippen molar-refractivity contribution in [1.29, 1.82) is 0 Å². The summed E-state index contributed by atoms with van der Waals surface area (Å²) < 4.78 is 0. The molecule has 1 N–H and O–H groups in total. The molecule has 2 rings (SSSR count). The predicted octanol–water partition coefficient (Wildman–Crippen LogP) is 2.56. The molecule has 1 aliphatic rings. The van der Waals surface area contributed by atoms with E-state index >= 15 is 0 Å². The summed E-state index contributed by atoms with van der Waals surface area (Å²) in [4.78, 5) is 22.8. The van der Waals surface area contributed by atoms with E-state index in [-0.39, 0.29) is 5.91 Å². The standard InChI is InChI=1S/C15H24N4O/c1-3-7-16-14-11-17-13(10-18-14)15(20)19-8-4-5-12(2)6-9-19/h10-12H,3-9H2,1-2H3,(H,16,18). The number of nitrogens with one attached hydrogen (secondary N) is 1. The van der Waals surface area contributed by atoms with E-state index in [4.69, 9.17) is 0 Å². The molecule has 0 aliphatic carbocycles. The number of rotatable bonds is 4. The van der Waals surface area contributed by atoms with E-state index in [2.05, 4.69) is 29.1 Å². The maximum absolute atomic E-state index is 12.4. The number of anilines is 1. The fraction of sp³-hybridized carbons (Fsp3) is 0.667. The summed E-state index contributed by atoms with van der Waals surface area (Å²) in [6.45, 7) is 6.88. The lowest BCUT2D eigenvalue weighted by atomic mass is 10.0. The number of carbonyl (C=O) groups excluding carboxylic acids is 1. The summed E-state index contributed by atoms with van der Waals surface area (Å²) in [7, 11) is 0. The highest BCUT2D eigenvalue weighted by Gasteiger charge is 2.20. The fourth-order valence-electron chi connectivity index (χ4n) is 2.41. The Hall–Kier alpha value is -1.65. The van der Waals surface area contributed by atoms with Gasteiger partial charge in [-0.25, -0.2) is 9.97 Å². The fourth-order valence-corrected chi connectivity index (χ4v) is 2.41. The first-order valence-corrected chi connectivity index (χ1v) is 7.56. The molecule has 0 aromatic carbocycles. The highest BCUT2D eigenvalue weighted by Crippen LogP contribution is 2.17.